The Morgan fingerprint density at radius 2 is 2.00 bits per heavy atom. The highest BCUT2D eigenvalue weighted by atomic mass is 79.9. The third-order valence-electron chi connectivity index (χ3n) is 7.01. The summed E-state index contributed by atoms with van der Waals surface area (Å²) in [6.07, 6.45) is 7.18. The highest BCUT2D eigenvalue weighted by molar-refractivity contribution is 9.10. The number of aromatic nitrogens is 2. The number of carboxylic acids is 1. The minimum atomic E-state index is -2.51. The molecule has 1 aliphatic heterocycles. The largest absolute Gasteiger partial charge is 0.481 e. The number of fused-ring (bicyclic) bond motifs is 1. The van der Waals surface area contributed by atoms with Gasteiger partial charge in [0.1, 0.15) is 5.65 Å². The molecule has 2 fully saturated rings. The predicted octanol–water partition coefficient (Wildman–Crippen LogP) is 5.42. The van der Waals surface area contributed by atoms with Gasteiger partial charge in [-0.05, 0) is 47.7 Å². The Labute approximate surface area is 212 Å². The highest BCUT2D eigenvalue weighted by Gasteiger charge is 2.44. The zero-order chi connectivity index (χ0) is 25.2. The predicted molar refractivity (Wildman–Crippen MR) is 132 cm³/mol. The van der Waals surface area contributed by atoms with E-state index < -0.39 is 17.8 Å². The van der Waals surface area contributed by atoms with Gasteiger partial charge in [0.05, 0.1) is 11.5 Å². The molecule has 1 amide bonds. The molecule has 1 saturated heterocycles. The maximum atomic E-state index is 13.5. The van der Waals surface area contributed by atoms with Gasteiger partial charge in [0, 0.05) is 67.1 Å². The lowest BCUT2D eigenvalue weighted by molar-refractivity contribution is -0.141. The summed E-state index contributed by atoms with van der Waals surface area (Å²) in [5.41, 5.74) is 2.27. The quantitative estimate of drug-likeness (QED) is 0.352. The van der Waals surface area contributed by atoms with Gasteiger partial charge in [-0.1, -0.05) is 18.8 Å². The van der Waals surface area contributed by atoms with Gasteiger partial charge >= 0.3 is 5.97 Å². The number of hydrogen-bond acceptors (Lipinski definition) is 3. The molecule has 4 rings (SSSR count). The number of carbonyl (C=O) groups excluding carboxylic acids is 1. The molecule has 188 valence electrons. The van der Waals surface area contributed by atoms with Crippen LogP contribution in [0.3, 0.4) is 0 Å². The molecule has 1 aliphatic carbocycles. The molecule has 2 aromatic heterocycles. The smallest absolute Gasteiger partial charge is 0.308 e. The van der Waals surface area contributed by atoms with Crippen LogP contribution in [0.4, 0.5) is 8.78 Å². The number of alkyl halides is 2. The van der Waals surface area contributed by atoms with Crippen molar-refractivity contribution in [2.75, 3.05) is 13.1 Å². The van der Waals surface area contributed by atoms with Gasteiger partial charge < -0.3 is 14.6 Å². The lowest BCUT2D eigenvalue weighted by Crippen LogP contribution is -2.34. The highest BCUT2D eigenvalue weighted by Crippen LogP contribution is 2.41. The van der Waals surface area contributed by atoms with Crippen molar-refractivity contribution in [1.29, 1.82) is 0 Å². The second kappa shape index (κ2) is 10.7. The van der Waals surface area contributed by atoms with E-state index in [0.29, 0.717) is 24.9 Å². The fourth-order valence-corrected chi connectivity index (χ4v) is 5.34. The third-order valence-corrected chi connectivity index (χ3v) is 7.45. The number of carbonyl (C=O) groups is 2. The van der Waals surface area contributed by atoms with E-state index in [1.807, 2.05) is 17.7 Å². The Kier molecular flexibility index (Phi) is 7.80. The summed E-state index contributed by atoms with van der Waals surface area (Å²) in [5, 5.41) is 10.1. The van der Waals surface area contributed by atoms with Crippen LogP contribution in [0.2, 0.25) is 0 Å². The van der Waals surface area contributed by atoms with Crippen LogP contribution in [0, 0.1) is 23.7 Å². The SMILES string of the molecule is Cn1c(CCCCCCC#CC2CC(F)(F)C2)c(C(=O)N2CC[C@H](C(=O)O)C2)c2cc(Br)cnc21. The molecule has 0 bridgehead atoms. The van der Waals surface area contributed by atoms with E-state index in [4.69, 9.17) is 0 Å². The first kappa shape index (κ1) is 25.6. The fraction of sp³-hybridized carbons (Fsp3) is 0.577. The maximum absolute atomic E-state index is 13.5. The maximum Gasteiger partial charge on any atom is 0.308 e. The molecule has 9 heteroatoms. The minimum Gasteiger partial charge on any atom is -0.481 e. The Morgan fingerprint density at radius 1 is 1.26 bits per heavy atom. The summed E-state index contributed by atoms with van der Waals surface area (Å²) < 4.78 is 28.5. The van der Waals surface area contributed by atoms with Gasteiger partial charge in [-0.25, -0.2) is 13.8 Å². The van der Waals surface area contributed by atoms with Crippen molar-refractivity contribution in [3.8, 4) is 11.8 Å². The summed E-state index contributed by atoms with van der Waals surface area (Å²) in [7, 11) is 1.92. The number of carboxylic acid groups (broad SMARTS) is 1. The fourth-order valence-electron chi connectivity index (χ4n) is 5.01. The van der Waals surface area contributed by atoms with Crippen LogP contribution in [0.1, 0.15) is 67.4 Å². The number of nitrogens with zero attached hydrogens (tertiary/aromatic N) is 3. The Bertz CT molecular complexity index is 1180. The molecule has 0 aromatic carbocycles. The van der Waals surface area contributed by atoms with E-state index in [1.54, 1.807) is 11.1 Å². The van der Waals surface area contributed by atoms with Crippen molar-refractivity contribution in [1.82, 2.24) is 14.5 Å². The van der Waals surface area contributed by atoms with Gasteiger partial charge in [-0.2, -0.15) is 0 Å². The summed E-state index contributed by atoms with van der Waals surface area (Å²) in [6.45, 7) is 0.664. The average Bonchev–Trinajstić information content (AvgIpc) is 3.37. The first-order valence-corrected chi connectivity index (χ1v) is 13.0. The lowest BCUT2D eigenvalue weighted by atomic mass is 9.82. The van der Waals surface area contributed by atoms with Gasteiger partial charge in [-0.3, -0.25) is 9.59 Å². The first-order valence-electron chi connectivity index (χ1n) is 12.2. The number of aliphatic carboxylic acids is 1. The van der Waals surface area contributed by atoms with Crippen LogP contribution in [-0.4, -0.2) is 50.4 Å². The number of rotatable bonds is 8. The monoisotopic (exact) mass is 549 g/mol. The van der Waals surface area contributed by atoms with Gasteiger partial charge in [0.25, 0.3) is 11.8 Å². The standard InChI is InChI=1S/C26H30BrF2N3O3/c1-31-21(9-7-5-3-2-4-6-8-17-13-26(28,29)14-17)22(20-12-19(27)15-30-23(20)31)24(33)32-11-10-18(16-32)25(34)35/h12,15,17-18H,2-5,7,9-11,13-14,16H2,1H3,(H,34,35)/t18-/m0/s1. The molecular formula is C26H30BrF2N3O3. The zero-order valence-electron chi connectivity index (χ0n) is 19.8. The molecule has 6 nitrogen and oxygen atoms in total. The van der Waals surface area contributed by atoms with Gasteiger partial charge in [0.15, 0.2) is 0 Å². The number of unbranched alkanes of at least 4 members (excludes halogenated alkanes) is 4. The van der Waals surface area contributed by atoms with Crippen molar-refractivity contribution >= 4 is 38.8 Å². The van der Waals surface area contributed by atoms with Crippen LogP contribution in [-0.2, 0) is 18.3 Å². The van der Waals surface area contributed by atoms with Gasteiger partial charge in [-0.15, -0.1) is 5.92 Å². The van der Waals surface area contributed by atoms with Crippen LogP contribution < -0.4 is 0 Å². The van der Waals surface area contributed by atoms with Crippen LogP contribution in [0.25, 0.3) is 11.0 Å². The second-order valence-corrected chi connectivity index (χ2v) is 10.6. The Hall–Kier alpha value is -2.47. The molecule has 0 unspecified atom stereocenters. The molecule has 35 heavy (non-hydrogen) atoms. The van der Waals surface area contributed by atoms with Crippen LogP contribution in [0.5, 0.6) is 0 Å². The summed E-state index contributed by atoms with van der Waals surface area (Å²) in [5.74, 6) is 1.81. The average molecular weight is 550 g/mol. The van der Waals surface area contributed by atoms with Crippen LogP contribution >= 0.6 is 15.9 Å². The molecule has 2 aliphatic rings. The van der Waals surface area contributed by atoms with Crippen molar-refractivity contribution < 1.29 is 23.5 Å². The first-order chi connectivity index (χ1) is 16.7. The number of halogens is 3. The molecular weight excluding hydrogens is 520 g/mol. The topological polar surface area (TPSA) is 75.4 Å². The number of aryl methyl sites for hydroxylation is 1. The molecule has 2 aromatic rings. The summed E-state index contributed by atoms with van der Waals surface area (Å²) in [6, 6.07) is 1.90. The molecule has 0 radical (unpaired) electrons. The molecule has 1 saturated carbocycles. The van der Waals surface area contributed by atoms with Crippen molar-refractivity contribution in [2.45, 2.75) is 63.7 Å². The number of pyridine rings is 1. The van der Waals surface area contributed by atoms with Gasteiger partial charge in [0.2, 0.25) is 0 Å². The molecule has 1 atom stereocenters. The summed E-state index contributed by atoms with van der Waals surface area (Å²) >= 11 is 3.46. The normalized spacial score (nSPS) is 19.4. The molecule has 3 heterocycles. The second-order valence-electron chi connectivity index (χ2n) is 9.68. The van der Waals surface area contributed by atoms with Crippen molar-refractivity contribution in [3.05, 3.63) is 28.0 Å². The summed E-state index contributed by atoms with van der Waals surface area (Å²) in [4.78, 5) is 31.1. The number of hydrogen-bond donors (Lipinski definition) is 1. The van der Waals surface area contributed by atoms with E-state index in [2.05, 4.69) is 32.8 Å². The zero-order valence-corrected chi connectivity index (χ0v) is 21.4. The van der Waals surface area contributed by atoms with E-state index in [-0.39, 0.29) is 31.2 Å². The van der Waals surface area contributed by atoms with Crippen molar-refractivity contribution in [2.24, 2.45) is 18.9 Å². The number of amides is 1. The minimum absolute atomic E-state index is 0.105. The van der Waals surface area contributed by atoms with Crippen LogP contribution in [0.15, 0.2) is 16.7 Å². The third kappa shape index (κ3) is 5.85. The van der Waals surface area contributed by atoms with Crippen molar-refractivity contribution in [3.63, 3.8) is 0 Å². The van der Waals surface area contributed by atoms with E-state index >= 15 is 0 Å². The number of likely N-dealkylation sites (tertiary alicyclic amines) is 1. The molecule has 1 N–H and O–H groups in total. The molecule has 0 spiro atoms. The van der Waals surface area contributed by atoms with E-state index in [1.165, 1.54) is 0 Å². The Balaban J connectivity index is 1.37. The van der Waals surface area contributed by atoms with E-state index in [9.17, 15) is 23.5 Å². The lowest BCUT2D eigenvalue weighted by Gasteiger charge is -2.31. The van der Waals surface area contributed by atoms with E-state index in [0.717, 1.165) is 53.3 Å². The Morgan fingerprint density at radius 3 is 2.69 bits per heavy atom.